The fourth-order valence-corrected chi connectivity index (χ4v) is 1.23. The first kappa shape index (κ1) is 6.93. The lowest BCUT2D eigenvalue weighted by Crippen LogP contribution is -1.87. The number of aromatic amines is 1. The molecule has 0 spiro atoms. The molecule has 2 rings (SSSR count). The van der Waals surface area contributed by atoms with E-state index in [9.17, 15) is 0 Å². The van der Waals surface area contributed by atoms with E-state index in [4.69, 9.17) is 6.42 Å². The van der Waals surface area contributed by atoms with Gasteiger partial charge in [0, 0.05) is 6.20 Å². The number of rotatable bonds is 0. The monoisotopic (exact) mass is 156 g/mol. The Kier molecular flexibility index (Phi) is 1.38. The van der Waals surface area contributed by atoms with Crippen LogP contribution in [-0.4, -0.2) is 9.97 Å². The van der Waals surface area contributed by atoms with Crippen molar-refractivity contribution in [2.24, 2.45) is 0 Å². The van der Waals surface area contributed by atoms with Crippen LogP contribution in [0.25, 0.3) is 11.0 Å². The summed E-state index contributed by atoms with van der Waals surface area (Å²) >= 11 is 0. The van der Waals surface area contributed by atoms with Crippen LogP contribution in [0.15, 0.2) is 18.3 Å². The molecule has 2 heteroatoms. The van der Waals surface area contributed by atoms with Crippen molar-refractivity contribution < 1.29 is 0 Å². The summed E-state index contributed by atoms with van der Waals surface area (Å²) in [6.45, 7) is 1.96. The summed E-state index contributed by atoms with van der Waals surface area (Å²) in [5, 5.41) is 0. The van der Waals surface area contributed by atoms with Gasteiger partial charge in [0.05, 0.1) is 11.0 Å². The Hall–Kier alpha value is -1.75. The molecule has 0 amide bonds. The molecule has 0 aromatic carbocycles. The van der Waals surface area contributed by atoms with Crippen LogP contribution in [0.1, 0.15) is 11.3 Å². The SMILES string of the molecule is C#Cc1nc2cc[nH]c2cc1C. The highest BCUT2D eigenvalue weighted by molar-refractivity contribution is 5.76. The lowest BCUT2D eigenvalue weighted by molar-refractivity contribution is 1.29. The number of H-pyrrole nitrogens is 1. The third kappa shape index (κ3) is 0.876. The van der Waals surface area contributed by atoms with E-state index >= 15 is 0 Å². The Morgan fingerprint density at radius 3 is 3.17 bits per heavy atom. The average Bonchev–Trinajstić information content (AvgIpc) is 2.49. The summed E-state index contributed by atoms with van der Waals surface area (Å²) in [6, 6.07) is 3.92. The third-order valence-electron chi connectivity index (χ3n) is 1.86. The van der Waals surface area contributed by atoms with Crippen LogP contribution in [0.5, 0.6) is 0 Å². The van der Waals surface area contributed by atoms with Gasteiger partial charge in [0.2, 0.25) is 0 Å². The lowest BCUT2D eigenvalue weighted by atomic mass is 10.2. The first-order valence-corrected chi connectivity index (χ1v) is 3.72. The highest BCUT2D eigenvalue weighted by Crippen LogP contribution is 2.13. The van der Waals surface area contributed by atoms with E-state index in [1.807, 2.05) is 25.3 Å². The number of nitrogens with zero attached hydrogens (tertiary/aromatic N) is 1. The van der Waals surface area contributed by atoms with Gasteiger partial charge in [0.15, 0.2) is 0 Å². The van der Waals surface area contributed by atoms with Gasteiger partial charge in [-0.05, 0) is 30.5 Å². The largest absolute Gasteiger partial charge is 0.360 e. The quantitative estimate of drug-likeness (QED) is 0.579. The highest BCUT2D eigenvalue weighted by Gasteiger charge is 2.00. The Labute approximate surface area is 70.6 Å². The molecular weight excluding hydrogens is 148 g/mol. The minimum atomic E-state index is 0.724. The standard InChI is InChI=1S/C10H8N2/c1-3-8-7(2)6-10-9(12-8)4-5-11-10/h1,4-6,11H,2H3. The van der Waals surface area contributed by atoms with Crippen molar-refractivity contribution in [2.45, 2.75) is 6.92 Å². The van der Waals surface area contributed by atoms with Crippen LogP contribution in [0.4, 0.5) is 0 Å². The van der Waals surface area contributed by atoms with Crippen LogP contribution in [-0.2, 0) is 0 Å². The fourth-order valence-electron chi connectivity index (χ4n) is 1.23. The number of aryl methyl sites for hydroxylation is 1. The van der Waals surface area contributed by atoms with Crippen LogP contribution < -0.4 is 0 Å². The van der Waals surface area contributed by atoms with Crippen LogP contribution in [0.3, 0.4) is 0 Å². The molecule has 0 aliphatic carbocycles. The molecule has 0 atom stereocenters. The average molecular weight is 156 g/mol. The van der Waals surface area contributed by atoms with Gasteiger partial charge < -0.3 is 4.98 Å². The first-order valence-electron chi connectivity index (χ1n) is 3.72. The van der Waals surface area contributed by atoms with Gasteiger partial charge in [0.1, 0.15) is 5.69 Å². The van der Waals surface area contributed by atoms with E-state index in [1.165, 1.54) is 0 Å². The number of terminal acetylenes is 1. The van der Waals surface area contributed by atoms with Gasteiger partial charge in [0.25, 0.3) is 0 Å². The summed E-state index contributed by atoms with van der Waals surface area (Å²) in [4.78, 5) is 7.37. The molecular formula is C10H8N2. The molecule has 2 aromatic heterocycles. The molecule has 58 valence electrons. The molecule has 0 bridgehead atoms. The Bertz CT molecular complexity index is 460. The minimum absolute atomic E-state index is 0.724. The number of aromatic nitrogens is 2. The molecule has 2 aromatic rings. The van der Waals surface area contributed by atoms with Gasteiger partial charge in [-0.2, -0.15) is 0 Å². The zero-order valence-corrected chi connectivity index (χ0v) is 6.76. The maximum Gasteiger partial charge on any atom is 0.116 e. The summed E-state index contributed by atoms with van der Waals surface area (Å²) in [7, 11) is 0. The molecule has 0 aliphatic rings. The molecule has 12 heavy (non-hydrogen) atoms. The van der Waals surface area contributed by atoms with Crippen molar-refractivity contribution in [2.75, 3.05) is 0 Å². The number of hydrogen-bond acceptors (Lipinski definition) is 1. The van der Waals surface area contributed by atoms with Crippen LogP contribution in [0, 0.1) is 19.3 Å². The van der Waals surface area contributed by atoms with Gasteiger partial charge >= 0.3 is 0 Å². The molecule has 0 saturated carbocycles. The predicted molar refractivity (Wildman–Crippen MR) is 48.8 cm³/mol. The Morgan fingerprint density at radius 2 is 2.42 bits per heavy atom. The number of pyridine rings is 1. The van der Waals surface area contributed by atoms with Crippen molar-refractivity contribution >= 4 is 11.0 Å². The molecule has 0 fully saturated rings. The normalized spacial score (nSPS) is 10.0. The third-order valence-corrected chi connectivity index (χ3v) is 1.86. The van der Waals surface area contributed by atoms with Gasteiger partial charge in [-0.3, -0.25) is 0 Å². The van der Waals surface area contributed by atoms with Crippen LogP contribution in [0.2, 0.25) is 0 Å². The molecule has 1 N–H and O–H groups in total. The lowest BCUT2D eigenvalue weighted by Gasteiger charge is -1.96. The number of hydrogen-bond donors (Lipinski definition) is 1. The molecule has 2 heterocycles. The Morgan fingerprint density at radius 1 is 1.58 bits per heavy atom. The van der Waals surface area contributed by atoms with Crippen molar-refractivity contribution in [3.05, 3.63) is 29.6 Å². The fraction of sp³-hybridized carbons (Fsp3) is 0.100. The van der Waals surface area contributed by atoms with Crippen molar-refractivity contribution in [3.63, 3.8) is 0 Å². The zero-order chi connectivity index (χ0) is 8.55. The predicted octanol–water partition coefficient (Wildman–Crippen LogP) is 1.85. The molecule has 0 aliphatic heterocycles. The topological polar surface area (TPSA) is 28.7 Å². The zero-order valence-electron chi connectivity index (χ0n) is 6.76. The van der Waals surface area contributed by atoms with Crippen LogP contribution >= 0.6 is 0 Å². The second-order valence-electron chi connectivity index (χ2n) is 2.71. The maximum absolute atomic E-state index is 5.29. The first-order chi connectivity index (χ1) is 5.81. The molecule has 0 radical (unpaired) electrons. The van der Waals surface area contributed by atoms with Gasteiger partial charge in [-0.15, -0.1) is 6.42 Å². The smallest absolute Gasteiger partial charge is 0.116 e. The van der Waals surface area contributed by atoms with E-state index in [0.29, 0.717) is 0 Å². The van der Waals surface area contributed by atoms with E-state index in [1.54, 1.807) is 0 Å². The number of nitrogens with one attached hydrogen (secondary N) is 1. The molecule has 0 unspecified atom stereocenters. The summed E-state index contributed by atoms with van der Waals surface area (Å²) in [5.74, 6) is 2.55. The number of fused-ring (bicyclic) bond motifs is 1. The van der Waals surface area contributed by atoms with Crippen molar-refractivity contribution in [1.82, 2.24) is 9.97 Å². The minimum Gasteiger partial charge on any atom is -0.360 e. The second kappa shape index (κ2) is 2.38. The summed E-state index contributed by atoms with van der Waals surface area (Å²) in [5.41, 5.74) is 3.72. The van der Waals surface area contributed by atoms with E-state index in [-0.39, 0.29) is 0 Å². The second-order valence-corrected chi connectivity index (χ2v) is 2.71. The summed E-state index contributed by atoms with van der Waals surface area (Å²) < 4.78 is 0. The van der Waals surface area contributed by atoms with E-state index in [2.05, 4.69) is 15.9 Å². The van der Waals surface area contributed by atoms with E-state index in [0.717, 1.165) is 22.3 Å². The molecule has 0 saturated heterocycles. The molecule has 2 nitrogen and oxygen atoms in total. The highest BCUT2D eigenvalue weighted by atomic mass is 14.8. The van der Waals surface area contributed by atoms with Crippen molar-refractivity contribution in [3.8, 4) is 12.3 Å². The Balaban J connectivity index is 2.84. The van der Waals surface area contributed by atoms with E-state index < -0.39 is 0 Å². The maximum atomic E-state index is 5.29. The van der Waals surface area contributed by atoms with Gasteiger partial charge in [-0.1, -0.05) is 0 Å². The summed E-state index contributed by atoms with van der Waals surface area (Å²) in [6.07, 6.45) is 7.15. The van der Waals surface area contributed by atoms with Crippen molar-refractivity contribution in [1.29, 1.82) is 0 Å². The van der Waals surface area contributed by atoms with Gasteiger partial charge in [-0.25, -0.2) is 4.98 Å².